The van der Waals surface area contributed by atoms with Crippen molar-refractivity contribution in [1.29, 1.82) is 0 Å². The molecule has 0 spiro atoms. The summed E-state index contributed by atoms with van der Waals surface area (Å²) in [5, 5.41) is 1.16. The monoisotopic (exact) mass is 408 g/mol. The Kier molecular flexibility index (Phi) is 5.03. The van der Waals surface area contributed by atoms with Gasteiger partial charge in [-0.1, -0.05) is 20.3 Å². The second-order valence-electron chi connectivity index (χ2n) is 4.26. The summed E-state index contributed by atoms with van der Waals surface area (Å²) in [6.45, 7) is 4.23. The Morgan fingerprint density at radius 1 is 1.28 bits per heavy atom. The van der Waals surface area contributed by atoms with Crippen LogP contribution in [0.1, 0.15) is 42.8 Å². The summed E-state index contributed by atoms with van der Waals surface area (Å²) >= 11 is 10.4. The van der Waals surface area contributed by atoms with Gasteiger partial charge in [-0.15, -0.1) is 22.7 Å². The third kappa shape index (κ3) is 2.74. The van der Waals surface area contributed by atoms with Crippen molar-refractivity contribution in [3.8, 4) is 0 Å². The molecule has 0 aliphatic carbocycles. The predicted octanol–water partition coefficient (Wildman–Crippen LogP) is 6.50. The van der Waals surface area contributed by atoms with Crippen LogP contribution in [0.2, 0.25) is 0 Å². The first-order valence-electron chi connectivity index (χ1n) is 6.00. The number of rotatable bonds is 5. The zero-order valence-electron chi connectivity index (χ0n) is 10.3. The Morgan fingerprint density at radius 3 is 2.56 bits per heavy atom. The Bertz CT molecular complexity index is 536. The Morgan fingerprint density at radius 2 is 2.00 bits per heavy atom. The molecule has 2 aromatic heterocycles. The van der Waals surface area contributed by atoms with Gasteiger partial charge in [-0.05, 0) is 50.8 Å². The van der Waals surface area contributed by atoms with E-state index in [1.165, 1.54) is 4.70 Å². The number of fused-ring (bicyclic) bond motifs is 1. The van der Waals surface area contributed by atoms with Gasteiger partial charge in [-0.2, -0.15) is 0 Å². The van der Waals surface area contributed by atoms with E-state index >= 15 is 0 Å². The topological polar surface area (TPSA) is 17.1 Å². The van der Waals surface area contributed by atoms with Gasteiger partial charge in [0, 0.05) is 11.3 Å². The quantitative estimate of drug-likeness (QED) is 0.515. The van der Waals surface area contributed by atoms with Crippen molar-refractivity contribution in [2.75, 3.05) is 0 Å². The molecule has 18 heavy (non-hydrogen) atoms. The van der Waals surface area contributed by atoms with Crippen molar-refractivity contribution in [3.05, 3.63) is 18.5 Å². The lowest BCUT2D eigenvalue weighted by Crippen LogP contribution is -2.12. The molecule has 1 nitrogen and oxygen atoms in total. The third-order valence-corrected chi connectivity index (χ3v) is 7.18. The number of ketones is 1. The standard InChI is InChI=1S/C13H14Br2OS2/c1-3-5-7(4-2)10(16)9-6-8-11(17-9)13(15)18-12(8)14/h6-7H,3-5H2,1-2H3. The zero-order valence-corrected chi connectivity index (χ0v) is 15.1. The first kappa shape index (κ1) is 14.7. The molecule has 0 radical (unpaired) electrons. The van der Waals surface area contributed by atoms with E-state index in [1.54, 1.807) is 22.7 Å². The Balaban J connectivity index is 2.36. The minimum Gasteiger partial charge on any atom is -0.293 e. The molecule has 0 aliphatic heterocycles. The summed E-state index contributed by atoms with van der Waals surface area (Å²) in [5.41, 5.74) is 0. The van der Waals surface area contributed by atoms with Crippen molar-refractivity contribution in [2.45, 2.75) is 33.1 Å². The number of halogens is 2. The number of carbonyl (C=O) groups is 1. The molecule has 0 fully saturated rings. The summed E-state index contributed by atoms with van der Waals surface area (Å²) in [4.78, 5) is 13.3. The maximum absolute atomic E-state index is 12.4. The first-order valence-corrected chi connectivity index (χ1v) is 9.21. The minimum atomic E-state index is 0.180. The molecule has 2 rings (SSSR count). The molecule has 0 aliphatic rings. The number of thiophene rings is 2. The molecular formula is C13H14Br2OS2. The van der Waals surface area contributed by atoms with Crippen LogP contribution in [0.15, 0.2) is 13.6 Å². The van der Waals surface area contributed by atoms with Crippen LogP contribution in [0.5, 0.6) is 0 Å². The number of Topliss-reactive ketones (excluding diaryl/α,β-unsaturated/α-hetero) is 1. The SMILES string of the molecule is CCCC(CC)C(=O)c1cc2c(Br)sc(Br)c2s1. The molecule has 2 aromatic rings. The highest BCUT2D eigenvalue weighted by molar-refractivity contribution is 9.12. The lowest BCUT2D eigenvalue weighted by molar-refractivity contribution is 0.0913. The minimum absolute atomic E-state index is 0.180. The van der Waals surface area contributed by atoms with Crippen molar-refractivity contribution in [2.24, 2.45) is 5.92 Å². The van der Waals surface area contributed by atoms with Crippen LogP contribution in [0, 0.1) is 5.92 Å². The van der Waals surface area contributed by atoms with Crippen molar-refractivity contribution >= 4 is 70.4 Å². The lowest BCUT2D eigenvalue weighted by atomic mass is 9.95. The molecule has 0 saturated carbocycles. The van der Waals surface area contributed by atoms with E-state index in [0.29, 0.717) is 5.78 Å². The van der Waals surface area contributed by atoms with Gasteiger partial charge in [0.15, 0.2) is 5.78 Å². The summed E-state index contributed by atoms with van der Waals surface area (Å²) < 4.78 is 3.39. The maximum Gasteiger partial charge on any atom is 0.175 e. The van der Waals surface area contributed by atoms with Crippen LogP contribution in [-0.4, -0.2) is 5.78 Å². The predicted molar refractivity (Wildman–Crippen MR) is 88.1 cm³/mol. The van der Waals surface area contributed by atoms with E-state index in [9.17, 15) is 4.79 Å². The van der Waals surface area contributed by atoms with Gasteiger partial charge in [-0.3, -0.25) is 4.79 Å². The van der Waals surface area contributed by atoms with E-state index in [2.05, 4.69) is 45.7 Å². The second kappa shape index (κ2) is 6.16. The van der Waals surface area contributed by atoms with Gasteiger partial charge < -0.3 is 0 Å². The van der Waals surface area contributed by atoms with Crippen LogP contribution in [0.25, 0.3) is 10.1 Å². The zero-order chi connectivity index (χ0) is 13.3. The number of hydrogen-bond donors (Lipinski definition) is 0. The molecule has 0 N–H and O–H groups in total. The van der Waals surface area contributed by atoms with Gasteiger partial charge in [-0.25, -0.2) is 0 Å². The first-order chi connectivity index (χ1) is 8.58. The Labute approximate surface area is 132 Å². The average Bonchev–Trinajstić information content (AvgIpc) is 2.89. The van der Waals surface area contributed by atoms with Crippen LogP contribution in [0.3, 0.4) is 0 Å². The van der Waals surface area contributed by atoms with Crippen LogP contribution >= 0.6 is 54.5 Å². The van der Waals surface area contributed by atoms with Crippen molar-refractivity contribution < 1.29 is 4.79 Å². The molecule has 0 saturated heterocycles. The molecule has 0 aromatic carbocycles. The molecule has 1 atom stereocenters. The van der Waals surface area contributed by atoms with E-state index in [4.69, 9.17) is 0 Å². The Hall–Kier alpha value is 0.290. The van der Waals surface area contributed by atoms with Gasteiger partial charge in [0.2, 0.25) is 0 Å². The fourth-order valence-electron chi connectivity index (χ4n) is 2.05. The third-order valence-electron chi connectivity index (χ3n) is 3.05. The molecule has 5 heteroatoms. The second-order valence-corrected chi connectivity index (χ2v) is 8.97. The summed E-state index contributed by atoms with van der Waals surface area (Å²) in [6.07, 6.45) is 2.99. The normalized spacial score (nSPS) is 13.1. The fraction of sp³-hybridized carbons (Fsp3) is 0.462. The van der Waals surface area contributed by atoms with Gasteiger partial charge >= 0.3 is 0 Å². The highest BCUT2D eigenvalue weighted by atomic mass is 79.9. The fourth-order valence-corrected chi connectivity index (χ4v) is 6.54. The van der Waals surface area contributed by atoms with E-state index < -0.39 is 0 Å². The number of hydrogen-bond acceptors (Lipinski definition) is 3. The van der Waals surface area contributed by atoms with Crippen LogP contribution in [0.4, 0.5) is 0 Å². The van der Waals surface area contributed by atoms with Crippen LogP contribution < -0.4 is 0 Å². The van der Waals surface area contributed by atoms with Crippen molar-refractivity contribution in [3.63, 3.8) is 0 Å². The highest BCUT2D eigenvalue weighted by Gasteiger charge is 2.21. The lowest BCUT2D eigenvalue weighted by Gasteiger charge is -2.10. The molecular weight excluding hydrogens is 396 g/mol. The van der Waals surface area contributed by atoms with E-state index in [0.717, 1.165) is 37.1 Å². The number of carbonyl (C=O) groups excluding carboxylic acids is 1. The van der Waals surface area contributed by atoms with E-state index in [-0.39, 0.29) is 5.92 Å². The van der Waals surface area contributed by atoms with Crippen molar-refractivity contribution in [1.82, 2.24) is 0 Å². The van der Waals surface area contributed by atoms with Crippen LogP contribution in [-0.2, 0) is 0 Å². The maximum atomic E-state index is 12.4. The molecule has 1 unspecified atom stereocenters. The molecule has 0 bridgehead atoms. The van der Waals surface area contributed by atoms with Gasteiger partial charge in [0.25, 0.3) is 0 Å². The average molecular weight is 410 g/mol. The van der Waals surface area contributed by atoms with E-state index in [1.807, 2.05) is 6.07 Å². The van der Waals surface area contributed by atoms with Gasteiger partial charge in [0.1, 0.15) is 0 Å². The summed E-state index contributed by atoms with van der Waals surface area (Å²) in [6, 6.07) is 2.03. The molecule has 2 heterocycles. The molecule has 0 amide bonds. The summed E-state index contributed by atoms with van der Waals surface area (Å²) in [5.74, 6) is 0.489. The highest BCUT2D eigenvalue weighted by Crippen LogP contribution is 2.44. The molecule has 98 valence electrons. The van der Waals surface area contributed by atoms with Gasteiger partial charge in [0.05, 0.1) is 17.1 Å². The smallest absolute Gasteiger partial charge is 0.175 e. The largest absolute Gasteiger partial charge is 0.293 e. The summed E-state index contributed by atoms with van der Waals surface area (Å²) in [7, 11) is 0.